The number of piperazine rings is 1. The average molecular weight is 362 g/mol. The van der Waals surface area contributed by atoms with E-state index in [4.69, 9.17) is 5.26 Å². The fourth-order valence-electron chi connectivity index (χ4n) is 3.33. The largest absolute Gasteiger partial charge is 0.354 e. The Bertz CT molecular complexity index is 951. The Morgan fingerprint density at radius 1 is 1.11 bits per heavy atom. The molecule has 27 heavy (non-hydrogen) atoms. The Hall–Kier alpha value is -3.24. The molecule has 7 heteroatoms. The minimum Gasteiger partial charge on any atom is -0.354 e. The number of nitrogens with one attached hydrogen (secondary N) is 1. The van der Waals surface area contributed by atoms with Gasteiger partial charge in [0.2, 0.25) is 0 Å². The van der Waals surface area contributed by atoms with Crippen molar-refractivity contribution < 1.29 is 4.39 Å². The van der Waals surface area contributed by atoms with Crippen molar-refractivity contribution in [1.82, 2.24) is 20.1 Å². The van der Waals surface area contributed by atoms with E-state index in [2.05, 4.69) is 31.1 Å². The number of hydrogen-bond acceptors (Lipinski definition) is 5. The van der Waals surface area contributed by atoms with Gasteiger partial charge in [0.15, 0.2) is 0 Å². The molecule has 0 spiro atoms. The highest BCUT2D eigenvalue weighted by Crippen LogP contribution is 2.23. The van der Waals surface area contributed by atoms with Crippen molar-refractivity contribution in [2.75, 3.05) is 31.1 Å². The molecular weight excluding hydrogens is 343 g/mol. The van der Waals surface area contributed by atoms with E-state index < -0.39 is 0 Å². The van der Waals surface area contributed by atoms with E-state index >= 15 is 0 Å². The maximum atomic E-state index is 13.2. The minimum atomic E-state index is -0.249. The standard InChI is InChI=1S/C20H19FN6/c21-18-3-1-16(2-4-18)20-17(13-24-25-20)14-26-7-9-27(10-8-26)19-11-15(12-22)5-6-23-19/h1-6,11,13H,7-10,14H2,(H,24,25). The van der Waals surface area contributed by atoms with E-state index in [1.807, 2.05) is 12.3 Å². The number of nitrogens with zero attached hydrogens (tertiary/aromatic N) is 5. The molecule has 0 amide bonds. The molecule has 0 aliphatic carbocycles. The van der Waals surface area contributed by atoms with Gasteiger partial charge in [-0.3, -0.25) is 10.00 Å². The second kappa shape index (κ2) is 7.56. The summed E-state index contributed by atoms with van der Waals surface area (Å²) in [6, 6.07) is 12.1. The van der Waals surface area contributed by atoms with Gasteiger partial charge >= 0.3 is 0 Å². The molecule has 136 valence electrons. The summed E-state index contributed by atoms with van der Waals surface area (Å²) in [5, 5.41) is 16.3. The summed E-state index contributed by atoms with van der Waals surface area (Å²) in [5.41, 5.74) is 3.49. The predicted molar refractivity (Wildman–Crippen MR) is 100 cm³/mol. The second-order valence-electron chi connectivity index (χ2n) is 6.54. The third-order valence-corrected chi connectivity index (χ3v) is 4.80. The number of halogens is 1. The SMILES string of the molecule is N#Cc1ccnc(N2CCN(Cc3c[nH]nc3-c3ccc(F)cc3)CC2)c1. The van der Waals surface area contributed by atoms with Crippen LogP contribution in [0.1, 0.15) is 11.1 Å². The maximum Gasteiger partial charge on any atom is 0.129 e. The minimum absolute atomic E-state index is 0.249. The van der Waals surface area contributed by atoms with E-state index in [0.717, 1.165) is 55.4 Å². The predicted octanol–water partition coefficient (Wildman–Crippen LogP) is 2.80. The van der Waals surface area contributed by atoms with Gasteiger partial charge in [-0.25, -0.2) is 9.37 Å². The van der Waals surface area contributed by atoms with Crippen LogP contribution in [0.25, 0.3) is 11.3 Å². The first kappa shape index (κ1) is 17.2. The molecule has 1 fully saturated rings. The number of benzene rings is 1. The zero-order chi connectivity index (χ0) is 18.6. The monoisotopic (exact) mass is 362 g/mol. The number of pyridine rings is 1. The smallest absolute Gasteiger partial charge is 0.129 e. The lowest BCUT2D eigenvalue weighted by atomic mass is 10.1. The van der Waals surface area contributed by atoms with E-state index in [1.165, 1.54) is 12.1 Å². The van der Waals surface area contributed by atoms with Gasteiger partial charge in [-0.15, -0.1) is 0 Å². The van der Waals surface area contributed by atoms with Crippen molar-refractivity contribution in [3.63, 3.8) is 0 Å². The third-order valence-electron chi connectivity index (χ3n) is 4.80. The van der Waals surface area contributed by atoms with Gasteiger partial charge in [0.05, 0.1) is 17.3 Å². The van der Waals surface area contributed by atoms with Crippen LogP contribution in [0.2, 0.25) is 0 Å². The van der Waals surface area contributed by atoms with Crippen LogP contribution in [0.4, 0.5) is 10.2 Å². The lowest BCUT2D eigenvalue weighted by molar-refractivity contribution is 0.249. The summed E-state index contributed by atoms with van der Waals surface area (Å²) in [7, 11) is 0. The fourth-order valence-corrected chi connectivity index (χ4v) is 3.33. The molecule has 4 rings (SSSR count). The highest BCUT2D eigenvalue weighted by molar-refractivity contribution is 5.62. The van der Waals surface area contributed by atoms with E-state index in [-0.39, 0.29) is 5.82 Å². The van der Waals surface area contributed by atoms with Gasteiger partial charge in [0.25, 0.3) is 0 Å². The van der Waals surface area contributed by atoms with Crippen molar-refractivity contribution in [3.8, 4) is 17.3 Å². The molecule has 1 aliphatic rings. The summed E-state index contributed by atoms with van der Waals surface area (Å²) in [6.45, 7) is 4.28. The maximum absolute atomic E-state index is 13.2. The van der Waals surface area contributed by atoms with Gasteiger partial charge in [0.1, 0.15) is 11.6 Å². The Labute approximate surface area is 156 Å². The zero-order valence-corrected chi connectivity index (χ0v) is 14.8. The summed E-state index contributed by atoms with van der Waals surface area (Å²) in [5.74, 6) is 0.602. The number of nitriles is 1. The highest BCUT2D eigenvalue weighted by atomic mass is 19.1. The van der Waals surface area contributed by atoms with E-state index in [0.29, 0.717) is 5.56 Å². The first-order valence-electron chi connectivity index (χ1n) is 8.85. The Morgan fingerprint density at radius 2 is 1.89 bits per heavy atom. The van der Waals surface area contributed by atoms with E-state index in [9.17, 15) is 4.39 Å². The lowest BCUT2D eigenvalue weighted by Crippen LogP contribution is -2.46. The molecule has 0 atom stereocenters. The lowest BCUT2D eigenvalue weighted by Gasteiger charge is -2.35. The molecule has 1 saturated heterocycles. The number of aromatic nitrogens is 3. The molecule has 1 aromatic carbocycles. The fraction of sp³-hybridized carbons (Fsp3) is 0.250. The average Bonchev–Trinajstić information content (AvgIpc) is 3.17. The number of hydrogen-bond donors (Lipinski definition) is 1. The molecular formula is C20H19FN6. The van der Waals surface area contributed by atoms with Crippen molar-refractivity contribution in [1.29, 1.82) is 5.26 Å². The molecule has 0 saturated carbocycles. The van der Waals surface area contributed by atoms with Gasteiger partial charge < -0.3 is 4.90 Å². The molecule has 2 aromatic heterocycles. The number of aromatic amines is 1. The third kappa shape index (κ3) is 3.81. The van der Waals surface area contributed by atoms with Crippen LogP contribution in [0.15, 0.2) is 48.8 Å². The summed E-state index contributed by atoms with van der Waals surface area (Å²) < 4.78 is 13.2. The van der Waals surface area contributed by atoms with Gasteiger partial charge in [-0.05, 0) is 36.4 Å². The Morgan fingerprint density at radius 3 is 2.63 bits per heavy atom. The van der Waals surface area contributed by atoms with Crippen LogP contribution >= 0.6 is 0 Å². The van der Waals surface area contributed by atoms with Crippen molar-refractivity contribution in [2.45, 2.75) is 6.54 Å². The molecule has 1 N–H and O–H groups in total. The number of rotatable bonds is 4. The summed E-state index contributed by atoms with van der Waals surface area (Å²) in [4.78, 5) is 8.95. The van der Waals surface area contributed by atoms with Crippen LogP contribution in [-0.4, -0.2) is 46.3 Å². The number of H-pyrrole nitrogens is 1. The topological polar surface area (TPSA) is 71.8 Å². The van der Waals surface area contributed by atoms with Crippen molar-refractivity contribution >= 4 is 5.82 Å². The molecule has 6 nitrogen and oxygen atoms in total. The number of anilines is 1. The van der Waals surface area contributed by atoms with Crippen LogP contribution in [0.3, 0.4) is 0 Å². The van der Waals surface area contributed by atoms with Crippen LogP contribution in [-0.2, 0) is 6.54 Å². The van der Waals surface area contributed by atoms with Crippen molar-refractivity contribution in [3.05, 3.63) is 65.7 Å². The Kier molecular flexibility index (Phi) is 4.81. The quantitative estimate of drug-likeness (QED) is 0.773. The van der Waals surface area contributed by atoms with Crippen LogP contribution in [0, 0.1) is 17.1 Å². The molecule has 1 aliphatic heterocycles. The first-order chi connectivity index (χ1) is 13.2. The zero-order valence-electron chi connectivity index (χ0n) is 14.8. The van der Waals surface area contributed by atoms with Crippen LogP contribution in [0.5, 0.6) is 0 Å². The summed E-state index contributed by atoms with van der Waals surface area (Å²) in [6.07, 6.45) is 3.59. The summed E-state index contributed by atoms with van der Waals surface area (Å²) >= 11 is 0. The van der Waals surface area contributed by atoms with Gasteiger partial charge in [-0.2, -0.15) is 10.4 Å². The Balaban J connectivity index is 1.41. The van der Waals surface area contributed by atoms with Gasteiger partial charge in [-0.1, -0.05) is 0 Å². The molecule has 0 unspecified atom stereocenters. The first-order valence-corrected chi connectivity index (χ1v) is 8.85. The second-order valence-corrected chi connectivity index (χ2v) is 6.54. The normalized spacial score (nSPS) is 14.9. The molecule has 3 aromatic rings. The molecule has 0 bridgehead atoms. The van der Waals surface area contributed by atoms with Crippen LogP contribution < -0.4 is 4.90 Å². The highest BCUT2D eigenvalue weighted by Gasteiger charge is 2.20. The van der Waals surface area contributed by atoms with Gasteiger partial charge in [0, 0.05) is 56.2 Å². The molecule has 0 radical (unpaired) electrons. The molecule has 3 heterocycles. The van der Waals surface area contributed by atoms with Crippen molar-refractivity contribution in [2.24, 2.45) is 0 Å². The van der Waals surface area contributed by atoms with E-state index in [1.54, 1.807) is 24.4 Å².